The maximum Gasteiger partial charge on any atom is 0.247 e. The molecule has 3 N–H and O–H groups in total. The summed E-state index contributed by atoms with van der Waals surface area (Å²) in [6, 6.07) is 11.9. The van der Waals surface area contributed by atoms with E-state index in [0.29, 0.717) is 35.7 Å². The highest BCUT2D eigenvalue weighted by Gasteiger charge is 2.50. The number of nitrogens with one attached hydrogen (secondary N) is 1. The van der Waals surface area contributed by atoms with Gasteiger partial charge in [-0.1, -0.05) is 18.2 Å². The summed E-state index contributed by atoms with van der Waals surface area (Å²) in [5.74, 6) is 0.648. The third-order valence-corrected chi connectivity index (χ3v) is 7.59. The summed E-state index contributed by atoms with van der Waals surface area (Å²) in [5, 5.41) is 23.7. The van der Waals surface area contributed by atoms with Gasteiger partial charge in [-0.25, -0.2) is 0 Å². The standard InChI is InChI=1S/C31H38N2O8/c1-19(35)7-6-10-27(36)33(15-13-20-17-21(39-2)11-12-25(20)40-3)24-18-23(31(38)32-14-16-34)28-22-8-4-5-9-26(22)41-30(28)29(24)37/h4-5,8-9,11-12,17-18,24,28-30,34,37H,6-7,10,13-16H2,1-3H3,(H,32,38)/t24-,28+,29+,30+/m1/s1. The topological polar surface area (TPSA) is 135 Å². The molecular weight excluding hydrogens is 528 g/mol. The third-order valence-electron chi connectivity index (χ3n) is 7.59. The molecular formula is C31H38N2O8. The zero-order valence-corrected chi connectivity index (χ0v) is 23.7. The molecule has 2 aliphatic rings. The van der Waals surface area contributed by atoms with Crippen LogP contribution in [0.5, 0.6) is 17.2 Å². The van der Waals surface area contributed by atoms with Crippen molar-refractivity contribution in [2.24, 2.45) is 0 Å². The van der Waals surface area contributed by atoms with Crippen molar-refractivity contribution in [2.75, 3.05) is 33.9 Å². The molecule has 1 heterocycles. The first-order valence-corrected chi connectivity index (χ1v) is 13.8. The zero-order valence-electron chi connectivity index (χ0n) is 23.7. The molecule has 0 saturated carbocycles. The van der Waals surface area contributed by atoms with Gasteiger partial charge in [-0.3, -0.25) is 9.59 Å². The number of amides is 2. The number of Topliss-reactive ketones (excluding diaryl/α,β-unsaturated/α-hetero) is 1. The number of aliphatic hydroxyl groups excluding tert-OH is 2. The van der Waals surface area contributed by atoms with Gasteiger partial charge in [0, 0.05) is 37.1 Å². The number of carbonyl (C=O) groups excluding carboxylic acids is 3. The van der Waals surface area contributed by atoms with E-state index >= 15 is 0 Å². The summed E-state index contributed by atoms with van der Waals surface area (Å²) in [4.78, 5) is 40.1. The highest BCUT2D eigenvalue weighted by Crippen LogP contribution is 2.47. The molecule has 0 spiro atoms. The summed E-state index contributed by atoms with van der Waals surface area (Å²) in [6.45, 7) is 1.52. The number of hydrogen-bond donors (Lipinski definition) is 3. The van der Waals surface area contributed by atoms with Crippen molar-refractivity contribution in [1.82, 2.24) is 10.2 Å². The molecule has 0 saturated heterocycles. The fourth-order valence-electron chi connectivity index (χ4n) is 5.58. The Morgan fingerprint density at radius 1 is 1.07 bits per heavy atom. The monoisotopic (exact) mass is 566 g/mol. The first kappa shape index (κ1) is 30.1. The number of carbonyl (C=O) groups is 3. The molecule has 2 aromatic rings. The summed E-state index contributed by atoms with van der Waals surface area (Å²) in [7, 11) is 3.13. The van der Waals surface area contributed by atoms with Gasteiger partial charge in [0.15, 0.2) is 0 Å². The van der Waals surface area contributed by atoms with Crippen LogP contribution >= 0.6 is 0 Å². The van der Waals surface area contributed by atoms with Crippen molar-refractivity contribution in [1.29, 1.82) is 0 Å². The molecule has 10 heteroatoms. The minimum atomic E-state index is -1.13. The molecule has 1 aliphatic heterocycles. The summed E-state index contributed by atoms with van der Waals surface area (Å²) >= 11 is 0. The van der Waals surface area contributed by atoms with Gasteiger partial charge in [0.25, 0.3) is 0 Å². The Hall–Kier alpha value is -3.89. The maximum atomic E-state index is 13.7. The second kappa shape index (κ2) is 13.6. The van der Waals surface area contributed by atoms with Crippen LogP contribution in [0, 0.1) is 0 Å². The van der Waals surface area contributed by atoms with Crippen LogP contribution in [0.1, 0.15) is 43.2 Å². The van der Waals surface area contributed by atoms with E-state index < -0.39 is 30.1 Å². The summed E-state index contributed by atoms with van der Waals surface area (Å²) in [6.07, 6.45) is 0.851. The van der Waals surface area contributed by atoms with Gasteiger partial charge in [0.05, 0.1) is 32.8 Å². The van der Waals surface area contributed by atoms with Crippen LogP contribution < -0.4 is 19.5 Å². The summed E-state index contributed by atoms with van der Waals surface area (Å²) in [5.41, 5.74) is 1.95. The zero-order chi connectivity index (χ0) is 29.5. The van der Waals surface area contributed by atoms with Crippen molar-refractivity contribution in [3.05, 3.63) is 65.2 Å². The summed E-state index contributed by atoms with van der Waals surface area (Å²) < 4.78 is 17.1. The first-order valence-electron chi connectivity index (χ1n) is 13.8. The number of aliphatic hydroxyl groups is 2. The van der Waals surface area contributed by atoms with Gasteiger partial charge in [-0.15, -0.1) is 0 Å². The van der Waals surface area contributed by atoms with E-state index in [1.54, 1.807) is 43.4 Å². The van der Waals surface area contributed by atoms with Gasteiger partial charge >= 0.3 is 0 Å². The van der Waals surface area contributed by atoms with Crippen LogP contribution in [0.25, 0.3) is 0 Å². The number of para-hydroxylation sites is 1. The number of fused-ring (bicyclic) bond motifs is 3. The number of rotatable bonds is 13. The Morgan fingerprint density at radius 2 is 1.85 bits per heavy atom. The van der Waals surface area contributed by atoms with E-state index in [1.807, 2.05) is 24.3 Å². The SMILES string of the molecule is COc1ccc(OC)c(CCN(C(=O)CCCC(C)=O)[C@@H]2C=C(C(=O)NCCO)[C@@H]3c4ccccc4O[C@@H]3[C@H]2O)c1. The number of ketones is 1. The van der Waals surface area contributed by atoms with Crippen molar-refractivity contribution < 1.29 is 38.8 Å². The second-order valence-corrected chi connectivity index (χ2v) is 10.3. The predicted molar refractivity (Wildman–Crippen MR) is 151 cm³/mol. The Morgan fingerprint density at radius 3 is 2.56 bits per heavy atom. The van der Waals surface area contributed by atoms with Crippen molar-refractivity contribution in [3.63, 3.8) is 0 Å². The highest BCUT2D eigenvalue weighted by atomic mass is 16.5. The molecule has 2 amide bonds. The first-order chi connectivity index (χ1) is 19.8. The van der Waals surface area contributed by atoms with E-state index in [9.17, 15) is 24.6 Å². The van der Waals surface area contributed by atoms with Gasteiger partial charge in [0.2, 0.25) is 11.8 Å². The van der Waals surface area contributed by atoms with Crippen molar-refractivity contribution in [3.8, 4) is 17.2 Å². The molecule has 0 bridgehead atoms. The predicted octanol–water partition coefficient (Wildman–Crippen LogP) is 2.16. The molecule has 4 rings (SSSR count). The minimum absolute atomic E-state index is 0.00846. The number of ether oxygens (including phenoxy) is 3. The smallest absolute Gasteiger partial charge is 0.247 e. The van der Waals surface area contributed by atoms with E-state index in [2.05, 4.69) is 5.32 Å². The number of nitrogens with zero attached hydrogens (tertiary/aromatic N) is 1. The largest absolute Gasteiger partial charge is 0.497 e. The molecule has 1 aliphatic carbocycles. The van der Waals surface area contributed by atoms with Crippen molar-refractivity contribution >= 4 is 17.6 Å². The third kappa shape index (κ3) is 6.71. The highest BCUT2D eigenvalue weighted by molar-refractivity contribution is 5.96. The Balaban J connectivity index is 1.70. The van der Waals surface area contributed by atoms with Gasteiger partial charge in [-0.05, 0) is 55.7 Å². The van der Waals surface area contributed by atoms with Gasteiger partial charge in [-0.2, -0.15) is 0 Å². The average molecular weight is 567 g/mol. The molecule has 10 nitrogen and oxygen atoms in total. The minimum Gasteiger partial charge on any atom is -0.497 e. The molecule has 0 fully saturated rings. The van der Waals surface area contributed by atoms with E-state index in [1.165, 1.54) is 6.92 Å². The molecule has 2 aromatic carbocycles. The van der Waals surface area contributed by atoms with E-state index in [-0.39, 0.29) is 44.2 Å². The molecule has 0 radical (unpaired) electrons. The molecule has 0 unspecified atom stereocenters. The number of benzene rings is 2. The fraction of sp³-hybridized carbons (Fsp3) is 0.452. The lowest BCUT2D eigenvalue weighted by molar-refractivity contribution is -0.137. The second-order valence-electron chi connectivity index (χ2n) is 10.3. The van der Waals surface area contributed by atoms with Gasteiger partial charge < -0.3 is 39.4 Å². The van der Waals surface area contributed by atoms with E-state index in [0.717, 1.165) is 11.1 Å². The molecule has 41 heavy (non-hydrogen) atoms. The van der Waals surface area contributed by atoms with Crippen molar-refractivity contribution in [2.45, 2.75) is 56.8 Å². The number of methoxy groups -OCH3 is 2. The van der Waals surface area contributed by atoms with E-state index in [4.69, 9.17) is 14.2 Å². The average Bonchev–Trinajstić information content (AvgIpc) is 3.37. The molecule has 4 atom stereocenters. The van der Waals surface area contributed by atoms with Crippen LogP contribution in [0.15, 0.2) is 54.1 Å². The quantitative estimate of drug-likeness (QED) is 0.336. The van der Waals surface area contributed by atoms with Crippen LogP contribution in [0.4, 0.5) is 0 Å². The number of hydrogen-bond acceptors (Lipinski definition) is 8. The lowest BCUT2D eigenvalue weighted by atomic mass is 9.77. The van der Waals surface area contributed by atoms with Gasteiger partial charge in [0.1, 0.15) is 35.2 Å². The Bertz CT molecular complexity index is 1290. The van der Waals surface area contributed by atoms with Crippen LogP contribution in [-0.2, 0) is 20.8 Å². The normalized spacial score (nSPS) is 20.7. The lowest BCUT2D eigenvalue weighted by Gasteiger charge is -2.41. The maximum absolute atomic E-state index is 13.7. The fourth-order valence-corrected chi connectivity index (χ4v) is 5.58. The van der Waals surface area contributed by atoms with Crippen LogP contribution in [-0.4, -0.2) is 84.9 Å². The lowest BCUT2D eigenvalue weighted by Crippen LogP contribution is -2.56. The Kier molecular flexibility index (Phi) is 10.0. The molecule has 220 valence electrons. The van der Waals surface area contributed by atoms with Crippen LogP contribution in [0.3, 0.4) is 0 Å². The Labute approximate surface area is 239 Å². The molecule has 0 aromatic heterocycles. The van der Waals surface area contributed by atoms with Crippen LogP contribution in [0.2, 0.25) is 0 Å².